The molecular weight excluding hydrogens is 280 g/mol. The third-order valence-electron chi connectivity index (χ3n) is 3.33. The molecule has 114 valence electrons. The van der Waals surface area contributed by atoms with Crippen molar-refractivity contribution in [2.24, 2.45) is 0 Å². The first-order valence-electron chi connectivity index (χ1n) is 6.93. The first kappa shape index (κ1) is 15.8. The van der Waals surface area contributed by atoms with Crippen LogP contribution in [0.4, 0.5) is 0 Å². The second-order valence-corrected chi connectivity index (χ2v) is 4.84. The minimum atomic E-state index is -1.11. The van der Waals surface area contributed by atoms with Gasteiger partial charge >= 0.3 is 5.97 Å². The summed E-state index contributed by atoms with van der Waals surface area (Å²) < 4.78 is 5.37. The maximum absolute atomic E-state index is 11.6. The van der Waals surface area contributed by atoms with Gasteiger partial charge in [-0.05, 0) is 23.3 Å². The lowest BCUT2D eigenvalue weighted by Gasteiger charge is -2.20. The Morgan fingerprint density at radius 1 is 1.09 bits per heavy atom. The molecule has 0 heterocycles. The molecule has 22 heavy (non-hydrogen) atoms. The summed E-state index contributed by atoms with van der Waals surface area (Å²) >= 11 is 0. The van der Waals surface area contributed by atoms with Gasteiger partial charge in [0.25, 0.3) is 0 Å². The van der Waals surface area contributed by atoms with Gasteiger partial charge in [-0.15, -0.1) is 0 Å². The van der Waals surface area contributed by atoms with Crippen LogP contribution in [-0.2, 0) is 4.79 Å². The molecule has 2 rings (SSSR count). The number of aliphatic carboxylic acids is 1. The Balaban J connectivity index is 2.24. The second-order valence-electron chi connectivity index (χ2n) is 4.84. The van der Waals surface area contributed by atoms with E-state index in [9.17, 15) is 15.0 Å². The standard InChI is InChI=1S/C18H18O4/c1-2-12-22-15-10-8-13(9-11-15)16(18(20)21)17(19)14-6-4-3-5-7-14/h2-11,16-17,19H,1,12H2,(H,20,21). The van der Waals surface area contributed by atoms with E-state index >= 15 is 0 Å². The van der Waals surface area contributed by atoms with Crippen molar-refractivity contribution in [1.82, 2.24) is 0 Å². The highest BCUT2D eigenvalue weighted by Crippen LogP contribution is 2.32. The molecule has 2 aromatic rings. The first-order valence-corrected chi connectivity index (χ1v) is 6.93. The third kappa shape index (κ3) is 3.74. The third-order valence-corrected chi connectivity index (χ3v) is 3.33. The largest absolute Gasteiger partial charge is 0.490 e. The van der Waals surface area contributed by atoms with Crippen molar-refractivity contribution in [3.05, 3.63) is 78.4 Å². The van der Waals surface area contributed by atoms with E-state index in [1.165, 1.54) is 0 Å². The zero-order chi connectivity index (χ0) is 15.9. The van der Waals surface area contributed by atoms with E-state index in [1.807, 2.05) is 6.07 Å². The minimum Gasteiger partial charge on any atom is -0.490 e. The summed E-state index contributed by atoms with van der Waals surface area (Å²) in [4.78, 5) is 11.6. The molecule has 2 unspecified atom stereocenters. The lowest BCUT2D eigenvalue weighted by Crippen LogP contribution is -2.20. The van der Waals surface area contributed by atoms with Crippen LogP contribution in [0.5, 0.6) is 5.75 Å². The summed E-state index contributed by atoms with van der Waals surface area (Å²) in [7, 11) is 0. The van der Waals surface area contributed by atoms with Gasteiger partial charge in [0, 0.05) is 0 Å². The molecular formula is C18H18O4. The molecule has 0 saturated carbocycles. The molecule has 0 aliphatic heterocycles. The topological polar surface area (TPSA) is 66.8 Å². The molecule has 2 aromatic carbocycles. The quantitative estimate of drug-likeness (QED) is 0.771. The van der Waals surface area contributed by atoms with Gasteiger partial charge in [-0.25, -0.2) is 0 Å². The number of aliphatic hydroxyl groups excluding tert-OH is 1. The molecule has 0 spiro atoms. The highest BCUT2D eigenvalue weighted by molar-refractivity contribution is 5.77. The zero-order valence-electron chi connectivity index (χ0n) is 12.1. The molecule has 0 aliphatic carbocycles. The van der Waals surface area contributed by atoms with Crippen molar-refractivity contribution in [3.63, 3.8) is 0 Å². The van der Waals surface area contributed by atoms with Crippen LogP contribution in [0.3, 0.4) is 0 Å². The Labute approximate surface area is 129 Å². The van der Waals surface area contributed by atoms with Crippen molar-refractivity contribution < 1.29 is 19.7 Å². The molecule has 4 heteroatoms. The van der Waals surface area contributed by atoms with Crippen molar-refractivity contribution in [1.29, 1.82) is 0 Å². The Morgan fingerprint density at radius 3 is 2.27 bits per heavy atom. The molecule has 0 aliphatic rings. The predicted molar refractivity (Wildman–Crippen MR) is 83.9 cm³/mol. The number of hydrogen-bond acceptors (Lipinski definition) is 3. The SMILES string of the molecule is C=CCOc1ccc(C(C(=O)O)C(O)c2ccccc2)cc1. The van der Waals surface area contributed by atoms with Crippen LogP contribution in [0, 0.1) is 0 Å². The minimum absolute atomic E-state index is 0.383. The zero-order valence-corrected chi connectivity index (χ0v) is 12.1. The molecule has 0 aromatic heterocycles. The number of carbonyl (C=O) groups is 1. The number of benzene rings is 2. The molecule has 0 bridgehead atoms. The fraction of sp³-hybridized carbons (Fsp3) is 0.167. The molecule has 4 nitrogen and oxygen atoms in total. The lowest BCUT2D eigenvalue weighted by atomic mass is 9.89. The molecule has 0 amide bonds. The van der Waals surface area contributed by atoms with Gasteiger partial charge in [-0.3, -0.25) is 4.79 Å². The Kier molecular flexibility index (Phi) is 5.33. The van der Waals surface area contributed by atoms with Gasteiger partial charge in [0.15, 0.2) is 0 Å². The van der Waals surface area contributed by atoms with E-state index in [2.05, 4.69) is 6.58 Å². The number of carboxylic acids is 1. The van der Waals surface area contributed by atoms with E-state index in [0.717, 1.165) is 0 Å². The number of aliphatic hydroxyl groups is 1. The van der Waals surface area contributed by atoms with Crippen LogP contribution in [0.2, 0.25) is 0 Å². The summed E-state index contributed by atoms with van der Waals surface area (Å²) in [5, 5.41) is 19.9. The Morgan fingerprint density at radius 2 is 1.73 bits per heavy atom. The Hall–Kier alpha value is -2.59. The van der Waals surface area contributed by atoms with E-state index in [0.29, 0.717) is 23.5 Å². The summed E-state index contributed by atoms with van der Waals surface area (Å²) in [5.41, 5.74) is 1.09. The summed E-state index contributed by atoms with van der Waals surface area (Å²) in [6.07, 6.45) is 0.520. The van der Waals surface area contributed by atoms with Crippen LogP contribution >= 0.6 is 0 Å². The fourth-order valence-electron chi connectivity index (χ4n) is 2.23. The summed E-state index contributed by atoms with van der Waals surface area (Å²) in [5.74, 6) is -1.48. The molecule has 0 fully saturated rings. The van der Waals surface area contributed by atoms with E-state index in [1.54, 1.807) is 54.6 Å². The van der Waals surface area contributed by atoms with Gasteiger partial charge in [0.2, 0.25) is 0 Å². The lowest BCUT2D eigenvalue weighted by molar-refractivity contribution is -0.141. The second kappa shape index (κ2) is 7.43. The van der Waals surface area contributed by atoms with Crippen LogP contribution in [0.15, 0.2) is 67.3 Å². The Bertz CT molecular complexity index is 619. The van der Waals surface area contributed by atoms with Crippen LogP contribution in [0.1, 0.15) is 23.1 Å². The van der Waals surface area contributed by atoms with Gasteiger partial charge in [-0.1, -0.05) is 55.1 Å². The smallest absolute Gasteiger partial charge is 0.314 e. The van der Waals surface area contributed by atoms with E-state index < -0.39 is 18.0 Å². The monoisotopic (exact) mass is 298 g/mol. The normalized spacial score (nSPS) is 13.1. The van der Waals surface area contributed by atoms with Crippen molar-refractivity contribution in [3.8, 4) is 5.75 Å². The number of rotatable bonds is 7. The van der Waals surface area contributed by atoms with Crippen LogP contribution in [0.25, 0.3) is 0 Å². The predicted octanol–water partition coefficient (Wildman–Crippen LogP) is 3.15. The van der Waals surface area contributed by atoms with Gasteiger partial charge in [-0.2, -0.15) is 0 Å². The highest BCUT2D eigenvalue weighted by atomic mass is 16.5. The van der Waals surface area contributed by atoms with Crippen LogP contribution < -0.4 is 4.74 Å². The molecule has 2 N–H and O–H groups in total. The summed E-state index contributed by atoms with van der Waals surface area (Å²) in [6, 6.07) is 15.5. The van der Waals surface area contributed by atoms with Gasteiger partial charge < -0.3 is 14.9 Å². The maximum Gasteiger partial charge on any atom is 0.314 e. The summed E-state index contributed by atoms with van der Waals surface area (Å²) in [6.45, 7) is 3.95. The van der Waals surface area contributed by atoms with Crippen molar-refractivity contribution in [2.75, 3.05) is 6.61 Å². The van der Waals surface area contributed by atoms with E-state index in [-0.39, 0.29) is 0 Å². The molecule has 2 atom stereocenters. The number of hydrogen-bond donors (Lipinski definition) is 2. The van der Waals surface area contributed by atoms with Crippen molar-refractivity contribution >= 4 is 5.97 Å². The average Bonchev–Trinajstić information content (AvgIpc) is 2.54. The number of carboxylic acid groups (broad SMARTS) is 1. The first-order chi connectivity index (χ1) is 10.6. The molecule has 0 radical (unpaired) electrons. The van der Waals surface area contributed by atoms with E-state index in [4.69, 9.17) is 4.74 Å². The fourth-order valence-corrected chi connectivity index (χ4v) is 2.23. The average molecular weight is 298 g/mol. The molecule has 0 saturated heterocycles. The maximum atomic E-state index is 11.6. The van der Waals surface area contributed by atoms with Crippen molar-refractivity contribution in [2.45, 2.75) is 12.0 Å². The number of ether oxygens (including phenoxy) is 1. The van der Waals surface area contributed by atoms with Crippen LogP contribution in [-0.4, -0.2) is 22.8 Å². The van der Waals surface area contributed by atoms with Gasteiger partial charge in [0.05, 0.1) is 6.10 Å². The highest BCUT2D eigenvalue weighted by Gasteiger charge is 2.29. The van der Waals surface area contributed by atoms with Gasteiger partial charge in [0.1, 0.15) is 18.3 Å².